The van der Waals surface area contributed by atoms with Crippen molar-refractivity contribution < 1.29 is 9.59 Å². The van der Waals surface area contributed by atoms with E-state index in [-0.39, 0.29) is 17.7 Å². The van der Waals surface area contributed by atoms with Crippen LogP contribution in [0.3, 0.4) is 0 Å². The normalized spacial score (nSPS) is 21.3. The number of hydrogen-bond donors (Lipinski definition) is 3. The van der Waals surface area contributed by atoms with E-state index in [0.717, 1.165) is 64.1 Å². The molecule has 27 heavy (non-hydrogen) atoms. The van der Waals surface area contributed by atoms with Crippen LogP contribution in [0.25, 0.3) is 0 Å². The van der Waals surface area contributed by atoms with Crippen molar-refractivity contribution in [3.05, 3.63) is 29.8 Å². The first-order valence-electron chi connectivity index (χ1n) is 10.2. The summed E-state index contributed by atoms with van der Waals surface area (Å²) in [5.74, 6) is 0.638. The van der Waals surface area contributed by atoms with E-state index in [0.29, 0.717) is 12.3 Å². The molecule has 2 heterocycles. The van der Waals surface area contributed by atoms with E-state index in [1.165, 1.54) is 12.0 Å². The lowest BCUT2D eigenvalue weighted by Gasteiger charge is -2.30. The fourth-order valence-corrected chi connectivity index (χ4v) is 4.00. The Balaban J connectivity index is 1.36. The van der Waals surface area contributed by atoms with E-state index in [1.807, 2.05) is 12.1 Å². The summed E-state index contributed by atoms with van der Waals surface area (Å²) in [5.41, 5.74) is 7.52. The summed E-state index contributed by atoms with van der Waals surface area (Å²) in [7, 11) is 0. The first-order chi connectivity index (χ1) is 13.1. The van der Waals surface area contributed by atoms with Gasteiger partial charge in [0.1, 0.15) is 0 Å². The SMILES string of the molecule is NC(=O)C1CCN(CCc2ccc(NC(=O)CCC3CCNC3)cc2)CC1. The number of primary amides is 1. The van der Waals surface area contributed by atoms with Gasteiger partial charge in [-0.15, -0.1) is 0 Å². The van der Waals surface area contributed by atoms with Gasteiger partial charge in [0.2, 0.25) is 11.8 Å². The van der Waals surface area contributed by atoms with Gasteiger partial charge < -0.3 is 21.3 Å². The molecule has 148 valence electrons. The highest BCUT2D eigenvalue weighted by Crippen LogP contribution is 2.18. The van der Waals surface area contributed by atoms with Crippen molar-refractivity contribution >= 4 is 17.5 Å². The fourth-order valence-electron chi connectivity index (χ4n) is 4.00. The van der Waals surface area contributed by atoms with Crippen molar-refractivity contribution in [2.24, 2.45) is 17.6 Å². The number of benzene rings is 1. The number of amides is 2. The lowest BCUT2D eigenvalue weighted by Crippen LogP contribution is -2.39. The zero-order chi connectivity index (χ0) is 19.1. The second-order valence-electron chi connectivity index (χ2n) is 7.91. The van der Waals surface area contributed by atoms with Crippen LogP contribution in [0, 0.1) is 11.8 Å². The summed E-state index contributed by atoms with van der Waals surface area (Å²) in [5, 5.41) is 6.34. The van der Waals surface area contributed by atoms with Crippen LogP contribution in [0.2, 0.25) is 0 Å². The van der Waals surface area contributed by atoms with Crippen molar-refractivity contribution in [2.75, 3.05) is 38.0 Å². The molecule has 6 nitrogen and oxygen atoms in total. The summed E-state index contributed by atoms with van der Waals surface area (Å²) in [4.78, 5) is 25.7. The minimum absolute atomic E-state index is 0.0501. The molecule has 4 N–H and O–H groups in total. The number of piperidine rings is 1. The van der Waals surface area contributed by atoms with Crippen LogP contribution in [0.4, 0.5) is 5.69 Å². The number of carbonyl (C=O) groups excluding carboxylic acids is 2. The average molecular weight is 373 g/mol. The molecule has 0 aliphatic carbocycles. The molecule has 1 unspecified atom stereocenters. The van der Waals surface area contributed by atoms with Crippen LogP contribution >= 0.6 is 0 Å². The maximum Gasteiger partial charge on any atom is 0.224 e. The third-order valence-corrected chi connectivity index (χ3v) is 5.89. The number of nitrogens with zero attached hydrogens (tertiary/aromatic N) is 1. The Hall–Kier alpha value is -1.92. The van der Waals surface area contributed by atoms with Gasteiger partial charge in [-0.25, -0.2) is 0 Å². The fraction of sp³-hybridized carbons (Fsp3) is 0.619. The molecular formula is C21H32N4O2. The lowest BCUT2D eigenvalue weighted by molar-refractivity contribution is -0.123. The van der Waals surface area contributed by atoms with Crippen LogP contribution in [-0.4, -0.2) is 49.4 Å². The topological polar surface area (TPSA) is 87.5 Å². The van der Waals surface area contributed by atoms with E-state index in [9.17, 15) is 9.59 Å². The Bertz CT molecular complexity index is 618. The molecule has 0 spiro atoms. The highest BCUT2D eigenvalue weighted by Gasteiger charge is 2.22. The van der Waals surface area contributed by atoms with Crippen LogP contribution in [0.5, 0.6) is 0 Å². The molecule has 1 atom stereocenters. The van der Waals surface area contributed by atoms with Gasteiger partial charge in [0.15, 0.2) is 0 Å². The Morgan fingerprint density at radius 3 is 2.52 bits per heavy atom. The number of hydrogen-bond acceptors (Lipinski definition) is 4. The van der Waals surface area contributed by atoms with Crippen molar-refractivity contribution in [3.63, 3.8) is 0 Å². The molecule has 0 aromatic heterocycles. The van der Waals surface area contributed by atoms with Gasteiger partial charge in [-0.3, -0.25) is 9.59 Å². The van der Waals surface area contributed by atoms with Gasteiger partial charge in [-0.2, -0.15) is 0 Å². The maximum atomic E-state index is 12.1. The standard InChI is InChI=1S/C21H32N4O2/c22-21(27)18-9-13-25(14-10-18)12-8-16-1-4-19(5-2-16)24-20(26)6-3-17-7-11-23-15-17/h1-2,4-5,17-18,23H,3,6-15H2,(H2,22,27)(H,24,26). The number of carbonyl (C=O) groups is 2. The number of rotatable bonds is 8. The summed E-state index contributed by atoms with van der Waals surface area (Å²) >= 11 is 0. The number of likely N-dealkylation sites (tertiary alicyclic amines) is 1. The second-order valence-corrected chi connectivity index (χ2v) is 7.91. The third-order valence-electron chi connectivity index (χ3n) is 5.89. The molecule has 6 heteroatoms. The largest absolute Gasteiger partial charge is 0.369 e. The van der Waals surface area contributed by atoms with Crippen LogP contribution in [-0.2, 0) is 16.0 Å². The Labute approximate surface area is 161 Å². The van der Waals surface area contributed by atoms with Crippen LogP contribution in [0.1, 0.15) is 37.7 Å². The zero-order valence-electron chi connectivity index (χ0n) is 16.1. The quantitative estimate of drug-likeness (QED) is 0.649. The lowest BCUT2D eigenvalue weighted by atomic mass is 9.96. The molecule has 2 aliphatic rings. The predicted molar refractivity (Wildman–Crippen MR) is 107 cm³/mol. The number of anilines is 1. The van der Waals surface area contributed by atoms with Gasteiger partial charge >= 0.3 is 0 Å². The van der Waals surface area contributed by atoms with E-state index >= 15 is 0 Å². The second kappa shape index (κ2) is 9.85. The van der Waals surface area contributed by atoms with E-state index in [1.54, 1.807) is 0 Å². The minimum atomic E-state index is -0.160. The average Bonchev–Trinajstić information content (AvgIpc) is 3.20. The number of nitrogens with two attached hydrogens (primary N) is 1. The summed E-state index contributed by atoms with van der Waals surface area (Å²) in [6, 6.07) is 8.16. The molecular weight excluding hydrogens is 340 g/mol. The first-order valence-corrected chi connectivity index (χ1v) is 10.2. The molecule has 2 fully saturated rings. The van der Waals surface area contributed by atoms with Crippen molar-refractivity contribution in [1.82, 2.24) is 10.2 Å². The Morgan fingerprint density at radius 1 is 1.15 bits per heavy atom. The minimum Gasteiger partial charge on any atom is -0.369 e. The van der Waals surface area contributed by atoms with E-state index < -0.39 is 0 Å². The van der Waals surface area contributed by atoms with Gasteiger partial charge in [0.05, 0.1) is 0 Å². The summed E-state index contributed by atoms with van der Waals surface area (Å²) in [6.45, 7) is 5.00. The highest BCUT2D eigenvalue weighted by molar-refractivity contribution is 5.90. The van der Waals surface area contributed by atoms with Crippen LogP contribution < -0.4 is 16.4 Å². The first kappa shape index (κ1) is 19.8. The molecule has 0 saturated carbocycles. The molecule has 2 amide bonds. The highest BCUT2D eigenvalue weighted by atomic mass is 16.2. The van der Waals surface area contributed by atoms with Crippen molar-refractivity contribution in [1.29, 1.82) is 0 Å². The predicted octanol–water partition coefficient (Wildman–Crippen LogP) is 1.75. The Kier molecular flexibility index (Phi) is 7.24. The number of nitrogens with one attached hydrogen (secondary N) is 2. The van der Waals surface area contributed by atoms with Gasteiger partial charge in [0, 0.05) is 24.6 Å². The van der Waals surface area contributed by atoms with Crippen LogP contribution in [0.15, 0.2) is 24.3 Å². The smallest absolute Gasteiger partial charge is 0.224 e. The van der Waals surface area contributed by atoms with E-state index in [2.05, 4.69) is 27.7 Å². The molecule has 0 radical (unpaired) electrons. The van der Waals surface area contributed by atoms with E-state index in [4.69, 9.17) is 5.73 Å². The summed E-state index contributed by atoms with van der Waals surface area (Å²) in [6.07, 6.45) is 5.46. The van der Waals surface area contributed by atoms with Gasteiger partial charge in [0.25, 0.3) is 0 Å². The molecule has 2 saturated heterocycles. The molecule has 1 aromatic carbocycles. The Morgan fingerprint density at radius 2 is 1.89 bits per heavy atom. The third kappa shape index (κ3) is 6.33. The summed E-state index contributed by atoms with van der Waals surface area (Å²) < 4.78 is 0. The van der Waals surface area contributed by atoms with Crippen molar-refractivity contribution in [2.45, 2.75) is 38.5 Å². The monoisotopic (exact) mass is 372 g/mol. The van der Waals surface area contributed by atoms with Gasteiger partial charge in [-0.1, -0.05) is 12.1 Å². The molecule has 3 rings (SSSR count). The molecule has 0 bridgehead atoms. The van der Waals surface area contributed by atoms with Crippen molar-refractivity contribution in [3.8, 4) is 0 Å². The molecule has 1 aromatic rings. The molecule has 2 aliphatic heterocycles. The van der Waals surface area contributed by atoms with Gasteiger partial charge in [-0.05, 0) is 81.9 Å². The zero-order valence-corrected chi connectivity index (χ0v) is 16.1. The maximum absolute atomic E-state index is 12.1.